The molecule has 186 valence electrons. The zero-order valence-corrected chi connectivity index (χ0v) is 21.3. The van der Waals surface area contributed by atoms with Crippen LogP contribution >= 0.6 is 23.2 Å². The summed E-state index contributed by atoms with van der Waals surface area (Å²) in [6.07, 6.45) is 3.96. The average Bonchev–Trinajstić information content (AvgIpc) is 3.33. The molecule has 2 aromatic rings. The lowest BCUT2D eigenvalue weighted by atomic mass is 9.83. The number of aromatic nitrogens is 2. The lowest BCUT2D eigenvalue weighted by Gasteiger charge is -2.37. The minimum Gasteiger partial charge on any atom is -0.342 e. The SMILES string of the molecule is CS(=O)(=O)N1CCN(C(=O)C(Nc2ncc(C#N)cn2)C2CNCC2c2ccc(Cl)c(Cl)c2)CC1. The Labute approximate surface area is 214 Å². The smallest absolute Gasteiger partial charge is 0.245 e. The quantitative estimate of drug-likeness (QED) is 0.567. The molecule has 3 heterocycles. The van der Waals surface area contributed by atoms with Gasteiger partial charge in [0.15, 0.2) is 0 Å². The number of halogens is 2. The molecule has 10 nitrogen and oxygen atoms in total. The molecule has 2 N–H and O–H groups in total. The zero-order chi connectivity index (χ0) is 25.2. The summed E-state index contributed by atoms with van der Waals surface area (Å²) in [7, 11) is -3.32. The van der Waals surface area contributed by atoms with Crippen LogP contribution in [0.3, 0.4) is 0 Å². The molecule has 0 bridgehead atoms. The fraction of sp³-hybridized carbons (Fsp3) is 0.455. The Kier molecular flexibility index (Phi) is 7.78. The monoisotopic (exact) mass is 537 g/mol. The minimum absolute atomic E-state index is 0.0399. The normalized spacial score (nSPS) is 21.9. The van der Waals surface area contributed by atoms with E-state index in [2.05, 4.69) is 20.6 Å². The number of nitrogens with zero attached hydrogens (tertiary/aromatic N) is 5. The van der Waals surface area contributed by atoms with E-state index in [9.17, 15) is 13.2 Å². The van der Waals surface area contributed by atoms with Crippen LogP contribution in [-0.2, 0) is 14.8 Å². The van der Waals surface area contributed by atoms with E-state index < -0.39 is 16.1 Å². The van der Waals surface area contributed by atoms with Crippen molar-refractivity contribution in [1.82, 2.24) is 24.5 Å². The highest BCUT2D eigenvalue weighted by atomic mass is 35.5. The Morgan fingerprint density at radius 3 is 2.46 bits per heavy atom. The van der Waals surface area contributed by atoms with Crippen LogP contribution in [0.4, 0.5) is 5.95 Å². The van der Waals surface area contributed by atoms with Crippen LogP contribution in [0, 0.1) is 17.2 Å². The summed E-state index contributed by atoms with van der Waals surface area (Å²) >= 11 is 12.4. The van der Waals surface area contributed by atoms with E-state index in [1.165, 1.54) is 23.0 Å². The van der Waals surface area contributed by atoms with E-state index in [1.807, 2.05) is 18.2 Å². The number of rotatable bonds is 6. The molecule has 3 unspecified atom stereocenters. The number of hydrogen-bond donors (Lipinski definition) is 2. The van der Waals surface area contributed by atoms with Crippen molar-refractivity contribution >= 4 is 45.1 Å². The fourth-order valence-electron chi connectivity index (χ4n) is 4.55. The molecule has 0 spiro atoms. The second-order valence-corrected chi connectivity index (χ2v) is 11.4. The van der Waals surface area contributed by atoms with Gasteiger partial charge in [-0.25, -0.2) is 18.4 Å². The van der Waals surface area contributed by atoms with Crippen LogP contribution in [0.15, 0.2) is 30.6 Å². The van der Waals surface area contributed by atoms with Crippen LogP contribution in [-0.4, -0.2) is 85.1 Å². The van der Waals surface area contributed by atoms with Crippen LogP contribution in [0.2, 0.25) is 10.0 Å². The number of carbonyl (C=O) groups is 1. The van der Waals surface area contributed by atoms with Crippen molar-refractivity contribution in [3.05, 3.63) is 51.8 Å². The molecule has 13 heteroatoms. The Morgan fingerprint density at radius 1 is 1.17 bits per heavy atom. The number of hydrogen-bond acceptors (Lipinski definition) is 8. The van der Waals surface area contributed by atoms with Gasteiger partial charge in [0.05, 0.1) is 34.3 Å². The summed E-state index contributed by atoms with van der Waals surface area (Å²) in [5.74, 6) is -0.143. The third kappa shape index (κ3) is 5.85. The highest BCUT2D eigenvalue weighted by Gasteiger charge is 2.41. The number of nitriles is 1. The number of carbonyl (C=O) groups excluding carboxylic acids is 1. The third-order valence-corrected chi connectivity index (χ3v) is 8.45. The molecule has 0 aliphatic carbocycles. The maximum absolute atomic E-state index is 13.8. The zero-order valence-electron chi connectivity index (χ0n) is 19.0. The predicted octanol–water partition coefficient (Wildman–Crippen LogP) is 1.54. The summed E-state index contributed by atoms with van der Waals surface area (Å²) in [4.78, 5) is 23.8. The number of piperazine rings is 1. The van der Waals surface area contributed by atoms with E-state index in [4.69, 9.17) is 28.5 Å². The average molecular weight is 538 g/mol. The number of benzene rings is 1. The molecule has 2 saturated heterocycles. The minimum atomic E-state index is -3.32. The first-order valence-electron chi connectivity index (χ1n) is 11.1. The van der Waals surface area contributed by atoms with Gasteiger partial charge in [-0.3, -0.25) is 4.79 Å². The molecule has 2 aliphatic heterocycles. The Bertz CT molecular complexity index is 1230. The highest BCUT2D eigenvalue weighted by molar-refractivity contribution is 7.88. The fourth-order valence-corrected chi connectivity index (χ4v) is 5.68. The lowest BCUT2D eigenvalue weighted by molar-refractivity contribution is -0.134. The summed E-state index contributed by atoms with van der Waals surface area (Å²) in [6.45, 7) is 2.26. The summed E-state index contributed by atoms with van der Waals surface area (Å²) in [5, 5.41) is 16.5. The molecule has 0 saturated carbocycles. The Balaban J connectivity index is 1.61. The summed E-state index contributed by atoms with van der Waals surface area (Å²) in [5.41, 5.74) is 1.27. The number of nitrogens with one attached hydrogen (secondary N) is 2. The van der Waals surface area contributed by atoms with Gasteiger partial charge in [0.2, 0.25) is 21.9 Å². The standard InChI is InChI=1S/C22H25Cl2N7O3S/c1-35(33,34)31-6-4-30(5-7-31)21(32)20(29-22-27-10-14(9-25)11-28-22)17-13-26-12-16(17)15-2-3-18(23)19(24)8-15/h2-3,8,10-11,16-17,20,26H,4-7,12-13H2,1H3,(H,27,28,29). The molecule has 2 fully saturated rings. The molecule has 1 amide bonds. The van der Waals surface area contributed by atoms with Crippen LogP contribution < -0.4 is 10.6 Å². The first-order chi connectivity index (χ1) is 16.7. The molecule has 4 rings (SSSR count). The molecule has 1 aromatic carbocycles. The largest absolute Gasteiger partial charge is 0.342 e. The van der Waals surface area contributed by atoms with Gasteiger partial charge in [0.1, 0.15) is 12.1 Å². The molecule has 0 radical (unpaired) electrons. The van der Waals surface area contributed by atoms with Gasteiger partial charge in [-0.1, -0.05) is 29.3 Å². The van der Waals surface area contributed by atoms with E-state index in [-0.39, 0.29) is 49.9 Å². The van der Waals surface area contributed by atoms with E-state index >= 15 is 0 Å². The summed E-state index contributed by atoms with van der Waals surface area (Å²) in [6, 6.07) is 6.75. The van der Waals surface area contributed by atoms with Crippen molar-refractivity contribution in [3.8, 4) is 6.07 Å². The van der Waals surface area contributed by atoms with Crippen molar-refractivity contribution in [2.24, 2.45) is 5.92 Å². The number of sulfonamides is 1. The molecule has 2 aliphatic rings. The number of amides is 1. The molecule has 3 atom stereocenters. The predicted molar refractivity (Wildman–Crippen MR) is 133 cm³/mol. The van der Waals surface area contributed by atoms with Gasteiger partial charge in [-0.2, -0.15) is 9.57 Å². The van der Waals surface area contributed by atoms with Gasteiger partial charge in [-0.15, -0.1) is 0 Å². The molecular weight excluding hydrogens is 513 g/mol. The van der Waals surface area contributed by atoms with Crippen molar-refractivity contribution in [1.29, 1.82) is 5.26 Å². The number of anilines is 1. The third-order valence-electron chi connectivity index (χ3n) is 6.41. The first kappa shape index (κ1) is 25.6. The van der Waals surface area contributed by atoms with Gasteiger partial charge in [0, 0.05) is 51.1 Å². The highest BCUT2D eigenvalue weighted by Crippen LogP contribution is 2.35. The topological polar surface area (TPSA) is 131 Å². The first-order valence-corrected chi connectivity index (χ1v) is 13.7. The molecule has 1 aromatic heterocycles. The maximum Gasteiger partial charge on any atom is 0.245 e. The molecule has 35 heavy (non-hydrogen) atoms. The molecular formula is C22H25Cl2N7O3S. The van der Waals surface area contributed by atoms with Gasteiger partial charge < -0.3 is 15.5 Å². The lowest BCUT2D eigenvalue weighted by Crippen LogP contribution is -2.55. The summed E-state index contributed by atoms with van der Waals surface area (Å²) < 4.78 is 25.2. The maximum atomic E-state index is 13.8. The Hall–Kier alpha value is -2.49. The van der Waals surface area contributed by atoms with Crippen molar-refractivity contribution in [3.63, 3.8) is 0 Å². The van der Waals surface area contributed by atoms with Gasteiger partial charge in [0.25, 0.3) is 0 Å². The second-order valence-electron chi connectivity index (χ2n) is 8.62. The van der Waals surface area contributed by atoms with Crippen LogP contribution in [0.25, 0.3) is 0 Å². The van der Waals surface area contributed by atoms with Crippen LogP contribution in [0.5, 0.6) is 0 Å². The second kappa shape index (κ2) is 10.6. The van der Waals surface area contributed by atoms with Crippen molar-refractivity contribution < 1.29 is 13.2 Å². The Morgan fingerprint density at radius 2 is 1.86 bits per heavy atom. The van der Waals surface area contributed by atoms with Gasteiger partial charge in [-0.05, 0) is 17.7 Å². The van der Waals surface area contributed by atoms with Crippen molar-refractivity contribution in [2.45, 2.75) is 12.0 Å². The van der Waals surface area contributed by atoms with Crippen molar-refractivity contribution in [2.75, 3.05) is 50.8 Å². The van der Waals surface area contributed by atoms with E-state index in [0.717, 1.165) is 5.56 Å². The van der Waals surface area contributed by atoms with E-state index in [0.29, 0.717) is 28.7 Å². The van der Waals surface area contributed by atoms with Crippen LogP contribution in [0.1, 0.15) is 17.0 Å². The van der Waals surface area contributed by atoms with Gasteiger partial charge >= 0.3 is 0 Å². The van der Waals surface area contributed by atoms with E-state index in [1.54, 1.807) is 11.0 Å².